The quantitative estimate of drug-likeness (QED) is 0.651. The third-order valence-corrected chi connectivity index (χ3v) is 3.98. The van der Waals surface area contributed by atoms with Crippen LogP contribution in [0.15, 0.2) is 48.5 Å². The standard InChI is InChI=1S/C20H17F3N4O/c1-3-27(13-7-5-4-6-8-13)20-24-12(2)11-16(26-20)19(28)25-15-10-9-14(21)17(22)18(15)23/h4-11H,3H2,1-2H3,(H,25,28). The average Bonchev–Trinajstić information content (AvgIpc) is 2.69. The first-order valence-electron chi connectivity index (χ1n) is 8.53. The number of nitrogens with one attached hydrogen (secondary N) is 1. The van der Waals surface area contributed by atoms with E-state index in [1.54, 1.807) is 6.92 Å². The summed E-state index contributed by atoms with van der Waals surface area (Å²) in [7, 11) is 0. The molecule has 1 aromatic heterocycles. The number of halogens is 3. The summed E-state index contributed by atoms with van der Waals surface area (Å²) in [5, 5.41) is 2.22. The molecular formula is C20H17F3N4O. The molecule has 1 heterocycles. The Hall–Kier alpha value is -3.42. The summed E-state index contributed by atoms with van der Waals surface area (Å²) in [5.41, 5.74) is 0.863. The molecule has 1 N–H and O–H groups in total. The van der Waals surface area contributed by atoms with Gasteiger partial charge in [-0.1, -0.05) is 18.2 Å². The van der Waals surface area contributed by atoms with Gasteiger partial charge in [0.15, 0.2) is 17.5 Å². The number of nitrogens with zero attached hydrogens (tertiary/aromatic N) is 3. The molecule has 144 valence electrons. The van der Waals surface area contributed by atoms with Crippen LogP contribution in [0.5, 0.6) is 0 Å². The Bertz CT molecular complexity index is 1010. The predicted octanol–water partition coefficient (Wildman–Crippen LogP) is 4.61. The molecule has 2 aromatic carbocycles. The number of hydrogen-bond donors (Lipinski definition) is 1. The Balaban J connectivity index is 1.93. The minimum Gasteiger partial charge on any atom is -0.318 e. The van der Waals surface area contributed by atoms with Crippen LogP contribution in [-0.2, 0) is 0 Å². The van der Waals surface area contributed by atoms with Gasteiger partial charge in [0, 0.05) is 17.9 Å². The van der Waals surface area contributed by atoms with Crippen molar-refractivity contribution >= 4 is 23.2 Å². The van der Waals surface area contributed by atoms with Gasteiger partial charge in [-0.3, -0.25) is 4.79 Å². The maximum Gasteiger partial charge on any atom is 0.274 e. The van der Waals surface area contributed by atoms with E-state index in [4.69, 9.17) is 0 Å². The summed E-state index contributed by atoms with van der Waals surface area (Å²) < 4.78 is 40.3. The molecule has 0 aliphatic carbocycles. The smallest absolute Gasteiger partial charge is 0.274 e. The van der Waals surface area contributed by atoms with Crippen molar-refractivity contribution in [3.8, 4) is 0 Å². The number of hydrogen-bond acceptors (Lipinski definition) is 4. The molecule has 0 saturated carbocycles. The van der Waals surface area contributed by atoms with E-state index in [9.17, 15) is 18.0 Å². The lowest BCUT2D eigenvalue weighted by Gasteiger charge is -2.21. The lowest BCUT2D eigenvalue weighted by atomic mass is 10.2. The van der Waals surface area contributed by atoms with Crippen LogP contribution in [-0.4, -0.2) is 22.4 Å². The van der Waals surface area contributed by atoms with Gasteiger partial charge in [0.25, 0.3) is 5.91 Å². The monoisotopic (exact) mass is 386 g/mol. The average molecular weight is 386 g/mol. The number of carbonyl (C=O) groups excluding carboxylic acids is 1. The molecule has 0 saturated heterocycles. The first-order valence-corrected chi connectivity index (χ1v) is 8.53. The van der Waals surface area contributed by atoms with E-state index in [1.165, 1.54) is 6.07 Å². The van der Waals surface area contributed by atoms with Gasteiger partial charge < -0.3 is 10.2 Å². The van der Waals surface area contributed by atoms with Crippen LogP contribution < -0.4 is 10.2 Å². The second-order valence-electron chi connectivity index (χ2n) is 5.95. The van der Waals surface area contributed by atoms with Crippen LogP contribution in [0.25, 0.3) is 0 Å². The molecule has 28 heavy (non-hydrogen) atoms. The summed E-state index contributed by atoms with van der Waals surface area (Å²) >= 11 is 0. The molecule has 3 aromatic rings. The van der Waals surface area contributed by atoms with E-state index in [2.05, 4.69) is 15.3 Å². The first kappa shape index (κ1) is 19.3. The van der Waals surface area contributed by atoms with Crippen molar-refractivity contribution < 1.29 is 18.0 Å². The van der Waals surface area contributed by atoms with Crippen LogP contribution in [0.3, 0.4) is 0 Å². The third-order valence-electron chi connectivity index (χ3n) is 3.98. The van der Waals surface area contributed by atoms with E-state index in [0.717, 1.165) is 17.8 Å². The van der Waals surface area contributed by atoms with Crippen LogP contribution >= 0.6 is 0 Å². The minimum atomic E-state index is -1.65. The second kappa shape index (κ2) is 8.08. The van der Waals surface area contributed by atoms with E-state index in [-0.39, 0.29) is 5.69 Å². The van der Waals surface area contributed by atoms with Crippen molar-refractivity contribution in [1.82, 2.24) is 9.97 Å². The highest BCUT2D eigenvalue weighted by molar-refractivity contribution is 6.03. The van der Waals surface area contributed by atoms with E-state index < -0.39 is 29.0 Å². The number of aromatic nitrogens is 2. The van der Waals surface area contributed by atoms with Crippen LogP contribution in [0.1, 0.15) is 23.1 Å². The van der Waals surface area contributed by atoms with Gasteiger partial charge >= 0.3 is 0 Å². The summed E-state index contributed by atoms with van der Waals surface area (Å²) in [6.07, 6.45) is 0. The predicted molar refractivity (Wildman–Crippen MR) is 100 cm³/mol. The van der Waals surface area contributed by atoms with Crippen LogP contribution in [0, 0.1) is 24.4 Å². The zero-order valence-corrected chi connectivity index (χ0v) is 15.2. The third kappa shape index (κ3) is 3.95. The summed E-state index contributed by atoms with van der Waals surface area (Å²) in [6, 6.07) is 12.5. The van der Waals surface area contributed by atoms with E-state index >= 15 is 0 Å². The van der Waals surface area contributed by atoms with Crippen molar-refractivity contribution in [2.75, 3.05) is 16.8 Å². The number of carbonyl (C=O) groups is 1. The van der Waals surface area contributed by atoms with Gasteiger partial charge in [0.2, 0.25) is 5.95 Å². The van der Waals surface area contributed by atoms with Gasteiger partial charge in [-0.2, -0.15) is 0 Å². The zero-order valence-electron chi connectivity index (χ0n) is 15.2. The summed E-state index contributed by atoms with van der Waals surface area (Å²) in [4.78, 5) is 22.9. The molecule has 0 radical (unpaired) electrons. The molecule has 1 amide bonds. The number of rotatable bonds is 5. The largest absolute Gasteiger partial charge is 0.318 e. The van der Waals surface area contributed by atoms with Gasteiger partial charge in [-0.25, -0.2) is 23.1 Å². The molecule has 0 spiro atoms. The van der Waals surface area contributed by atoms with Crippen molar-refractivity contribution in [1.29, 1.82) is 0 Å². The van der Waals surface area contributed by atoms with Gasteiger partial charge in [0.05, 0.1) is 5.69 Å². The molecule has 5 nitrogen and oxygen atoms in total. The molecule has 3 rings (SSSR count). The highest BCUT2D eigenvalue weighted by Gasteiger charge is 2.19. The van der Waals surface area contributed by atoms with Crippen molar-refractivity contribution in [2.24, 2.45) is 0 Å². The maximum absolute atomic E-state index is 13.8. The topological polar surface area (TPSA) is 58.1 Å². The fourth-order valence-electron chi connectivity index (χ4n) is 2.65. The highest BCUT2D eigenvalue weighted by Crippen LogP contribution is 2.23. The molecule has 8 heteroatoms. The Morgan fingerprint density at radius 2 is 1.75 bits per heavy atom. The van der Waals surface area contributed by atoms with Crippen molar-refractivity contribution in [3.05, 3.63) is 77.4 Å². The zero-order chi connectivity index (χ0) is 20.3. The Labute approximate surface area is 159 Å². The molecule has 0 aliphatic rings. The normalized spacial score (nSPS) is 10.6. The number of amides is 1. The van der Waals surface area contributed by atoms with Gasteiger partial charge in [0.1, 0.15) is 5.69 Å². The fourth-order valence-corrected chi connectivity index (χ4v) is 2.65. The Morgan fingerprint density at radius 1 is 1.04 bits per heavy atom. The summed E-state index contributed by atoms with van der Waals surface area (Å²) in [5.74, 6) is -4.93. The lowest BCUT2D eigenvalue weighted by molar-refractivity contribution is 0.102. The molecular weight excluding hydrogens is 369 g/mol. The van der Waals surface area contributed by atoms with Gasteiger partial charge in [-0.15, -0.1) is 0 Å². The molecule has 0 bridgehead atoms. The van der Waals surface area contributed by atoms with Crippen molar-refractivity contribution in [2.45, 2.75) is 13.8 Å². The van der Waals surface area contributed by atoms with E-state index in [0.29, 0.717) is 18.2 Å². The molecule has 0 atom stereocenters. The first-order chi connectivity index (χ1) is 13.4. The second-order valence-corrected chi connectivity index (χ2v) is 5.95. The summed E-state index contributed by atoms with van der Waals surface area (Å²) in [6.45, 7) is 4.15. The highest BCUT2D eigenvalue weighted by atomic mass is 19.2. The minimum absolute atomic E-state index is 0.0268. The molecule has 0 aliphatic heterocycles. The SMILES string of the molecule is CCN(c1ccccc1)c1nc(C)cc(C(=O)Nc2ccc(F)c(F)c2F)n1. The molecule has 0 unspecified atom stereocenters. The molecule has 0 fully saturated rings. The lowest BCUT2D eigenvalue weighted by Crippen LogP contribution is -2.22. The maximum atomic E-state index is 13.8. The fraction of sp³-hybridized carbons (Fsp3) is 0.150. The Morgan fingerprint density at radius 3 is 2.43 bits per heavy atom. The van der Waals surface area contributed by atoms with Crippen LogP contribution in [0.2, 0.25) is 0 Å². The van der Waals surface area contributed by atoms with Crippen molar-refractivity contribution in [3.63, 3.8) is 0 Å². The number of anilines is 3. The number of benzene rings is 2. The Kier molecular flexibility index (Phi) is 5.58. The number of aryl methyl sites for hydroxylation is 1. The van der Waals surface area contributed by atoms with E-state index in [1.807, 2.05) is 42.2 Å². The van der Waals surface area contributed by atoms with Crippen LogP contribution in [0.4, 0.5) is 30.5 Å². The van der Waals surface area contributed by atoms with Gasteiger partial charge in [-0.05, 0) is 44.2 Å². The number of para-hydroxylation sites is 1.